The predicted octanol–water partition coefficient (Wildman–Crippen LogP) is 2.25. The molecular formula is C14H16ClNO4. The maximum absolute atomic E-state index is 12.1. The van der Waals surface area contributed by atoms with Crippen molar-refractivity contribution in [3.05, 3.63) is 23.1 Å². The zero-order valence-electron chi connectivity index (χ0n) is 11.1. The van der Waals surface area contributed by atoms with Crippen LogP contribution >= 0.6 is 11.6 Å². The van der Waals surface area contributed by atoms with Gasteiger partial charge in [-0.1, -0.05) is 0 Å². The minimum absolute atomic E-state index is 0.168. The van der Waals surface area contributed by atoms with Crippen LogP contribution in [0.4, 0.5) is 0 Å². The van der Waals surface area contributed by atoms with Crippen molar-refractivity contribution in [2.45, 2.75) is 25.3 Å². The topological polar surface area (TPSA) is 68.5 Å². The highest BCUT2D eigenvalue weighted by Gasteiger charge is 2.52. The van der Waals surface area contributed by atoms with Crippen molar-refractivity contribution in [2.24, 2.45) is 17.8 Å². The van der Waals surface area contributed by atoms with E-state index in [0.29, 0.717) is 11.8 Å². The van der Waals surface area contributed by atoms with Gasteiger partial charge in [0.05, 0.1) is 13.0 Å². The van der Waals surface area contributed by atoms with Crippen LogP contribution in [0.1, 0.15) is 29.8 Å². The molecule has 2 aliphatic carbocycles. The number of carbonyl (C=O) groups is 2. The Morgan fingerprint density at radius 3 is 2.75 bits per heavy atom. The molecule has 0 unspecified atom stereocenters. The Kier molecular flexibility index (Phi) is 3.46. The largest absolute Gasteiger partial charge is 0.469 e. The van der Waals surface area contributed by atoms with E-state index in [1.807, 2.05) is 0 Å². The van der Waals surface area contributed by atoms with Crippen LogP contribution in [0, 0.1) is 17.8 Å². The Labute approximate surface area is 121 Å². The lowest BCUT2D eigenvalue weighted by molar-refractivity contribution is -0.148. The number of halogens is 1. The second-order valence-electron chi connectivity index (χ2n) is 5.49. The van der Waals surface area contributed by atoms with Crippen molar-refractivity contribution in [1.29, 1.82) is 0 Å². The Bertz CT molecular complexity index is 541. The van der Waals surface area contributed by atoms with E-state index in [1.165, 1.54) is 19.2 Å². The third-order valence-corrected chi connectivity index (χ3v) is 4.69. The van der Waals surface area contributed by atoms with Crippen LogP contribution in [0.5, 0.6) is 0 Å². The first-order chi connectivity index (χ1) is 9.60. The number of ether oxygens (including phenoxy) is 1. The number of nitrogens with one attached hydrogen (secondary N) is 1. The van der Waals surface area contributed by atoms with Gasteiger partial charge in [0.1, 0.15) is 0 Å². The molecule has 2 aliphatic rings. The summed E-state index contributed by atoms with van der Waals surface area (Å²) in [5.74, 6) is 0.0225. The summed E-state index contributed by atoms with van der Waals surface area (Å²) in [5.41, 5.74) is 0. The molecule has 0 saturated heterocycles. The lowest BCUT2D eigenvalue weighted by Crippen LogP contribution is -2.47. The van der Waals surface area contributed by atoms with E-state index in [1.54, 1.807) is 0 Å². The summed E-state index contributed by atoms with van der Waals surface area (Å²) in [6.07, 6.45) is 3.05. The molecule has 0 spiro atoms. The third-order valence-electron chi connectivity index (χ3n) is 4.48. The van der Waals surface area contributed by atoms with Crippen LogP contribution < -0.4 is 5.32 Å². The van der Waals surface area contributed by atoms with Crippen LogP contribution in [0.25, 0.3) is 0 Å². The van der Waals surface area contributed by atoms with E-state index >= 15 is 0 Å². The first-order valence-electron chi connectivity index (χ1n) is 6.74. The highest BCUT2D eigenvalue weighted by atomic mass is 35.5. The van der Waals surface area contributed by atoms with Crippen molar-refractivity contribution < 1.29 is 18.7 Å². The Balaban J connectivity index is 1.75. The van der Waals surface area contributed by atoms with Gasteiger partial charge >= 0.3 is 5.97 Å². The smallest absolute Gasteiger partial charge is 0.311 e. The number of methoxy groups -OCH3 is 1. The lowest BCUT2D eigenvalue weighted by Gasteiger charge is -2.29. The monoisotopic (exact) mass is 297 g/mol. The average Bonchev–Trinajstić information content (AvgIpc) is 3.13. The Morgan fingerprint density at radius 1 is 1.35 bits per heavy atom. The number of esters is 1. The second kappa shape index (κ2) is 5.13. The molecule has 2 saturated carbocycles. The van der Waals surface area contributed by atoms with E-state index < -0.39 is 0 Å². The first-order valence-corrected chi connectivity index (χ1v) is 7.12. The number of furan rings is 1. The number of hydrogen-bond donors (Lipinski definition) is 1. The van der Waals surface area contributed by atoms with Gasteiger partial charge in [-0.25, -0.2) is 0 Å². The fourth-order valence-corrected chi connectivity index (χ4v) is 3.78. The summed E-state index contributed by atoms with van der Waals surface area (Å²) < 4.78 is 9.97. The van der Waals surface area contributed by atoms with E-state index in [0.717, 1.165) is 19.3 Å². The lowest BCUT2D eigenvalue weighted by atomic mass is 9.84. The fraction of sp³-hybridized carbons (Fsp3) is 0.571. The zero-order chi connectivity index (χ0) is 14.3. The number of rotatable bonds is 3. The quantitative estimate of drug-likeness (QED) is 0.869. The third kappa shape index (κ3) is 2.20. The molecule has 20 heavy (non-hydrogen) atoms. The van der Waals surface area contributed by atoms with E-state index in [2.05, 4.69) is 5.32 Å². The van der Waals surface area contributed by atoms with Crippen molar-refractivity contribution in [3.8, 4) is 0 Å². The highest BCUT2D eigenvalue weighted by molar-refractivity contribution is 6.29. The molecule has 1 amide bonds. The Morgan fingerprint density at radius 2 is 2.10 bits per heavy atom. The summed E-state index contributed by atoms with van der Waals surface area (Å²) >= 11 is 5.66. The normalized spacial score (nSPS) is 31.3. The average molecular weight is 298 g/mol. The maximum Gasteiger partial charge on any atom is 0.311 e. The van der Waals surface area contributed by atoms with Crippen LogP contribution in [0.2, 0.25) is 5.22 Å². The summed E-state index contributed by atoms with van der Waals surface area (Å²) in [5, 5.41) is 3.09. The molecule has 0 aliphatic heterocycles. The fourth-order valence-electron chi connectivity index (χ4n) is 3.63. The molecule has 2 fully saturated rings. The molecule has 1 heterocycles. The standard InChI is InChI=1S/C14H16ClNO4/c1-19-14(18)11-7-2-3-8(6-7)12(11)16-13(17)9-4-5-10(15)20-9/h4-5,7-8,11-12H,2-3,6H2,1H3,(H,16,17)/t7-,8-,11+,12-/m0/s1. The van der Waals surface area contributed by atoms with Crippen LogP contribution in [-0.2, 0) is 9.53 Å². The molecule has 1 N–H and O–H groups in total. The van der Waals surface area contributed by atoms with E-state index in [4.69, 9.17) is 20.8 Å². The van der Waals surface area contributed by atoms with Gasteiger partial charge < -0.3 is 14.5 Å². The molecule has 2 bridgehead atoms. The van der Waals surface area contributed by atoms with E-state index in [-0.39, 0.29) is 34.8 Å². The molecule has 5 nitrogen and oxygen atoms in total. The summed E-state index contributed by atoms with van der Waals surface area (Å²) in [6.45, 7) is 0. The van der Waals surface area contributed by atoms with Gasteiger partial charge in [-0.15, -0.1) is 0 Å². The molecule has 1 aromatic rings. The molecule has 0 radical (unpaired) electrons. The van der Waals surface area contributed by atoms with Gasteiger partial charge in [0.15, 0.2) is 11.0 Å². The molecule has 4 atom stereocenters. The number of carbonyl (C=O) groups excluding carboxylic acids is 2. The zero-order valence-corrected chi connectivity index (χ0v) is 11.9. The van der Waals surface area contributed by atoms with Gasteiger partial charge in [0.2, 0.25) is 0 Å². The second-order valence-corrected chi connectivity index (χ2v) is 5.86. The van der Waals surface area contributed by atoms with Gasteiger partial charge in [-0.05, 0) is 54.8 Å². The van der Waals surface area contributed by atoms with Crippen molar-refractivity contribution in [1.82, 2.24) is 5.32 Å². The Hall–Kier alpha value is -1.49. The number of amides is 1. The van der Waals surface area contributed by atoms with Crippen LogP contribution in [0.15, 0.2) is 16.5 Å². The van der Waals surface area contributed by atoms with Gasteiger partial charge in [-0.3, -0.25) is 9.59 Å². The van der Waals surface area contributed by atoms with Crippen LogP contribution in [0.3, 0.4) is 0 Å². The van der Waals surface area contributed by atoms with Gasteiger partial charge in [0, 0.05) is 6.04 Å². The van der Waals surface area contributed by atoms with Crippen LogP contribution in [-0.4, -0.2) is 25.0 Å². The molecule has 3 rings (SSSR count). The predicted molar refractivity (Wildman–Crippen MR) is 71.3 cm³/mol. The summed E-state index contributed by atoms with van der Waals surface area (Å²) in [7, 11) is 1.39. The molecule has 108 valence electrons. The molecule has 0 aromatic carbocycles. The summed E-state index contributed by atoms with van der Waals surface area (Å²) in [6, 6.07) is 2.88. The van der Waals surface area contributed by atoms with Crippen molar-refractivity contribution in [2.75, 3.05) is 7.11 Å². The molecule has 6 heteroatoms. The first kappa shape index (κ1) is 13.5. The maximum atomic E-state index is 12.1. The highest BCUT2D eigenvalue weighted by Crippen LogP contribution is 2.49. The van der Waals surface area contributed by atoms with Gasteiger partial charge in [0.25, 0.3) is 5.91 Å². The number of hydrogen-bond acceptors (Lipinski definition) is 4. The number of fused-ring (bicyclic) bond motifs is 2. The van der Waals surface area contributed by atoms with E-state index in [9.17, 15) is 9.59 Å². The SMILES string of the molecule is COC(=O)[C@@H]1[C@H]2CC[C@@H](C2)[C@@H]1NC(=O)c1ccc(Cl)o1. The summed E-state index contributed by atoms with van der Waals surface area (Å²) in [4.78, 5) is 24.0. The van der Waals surface area contributed by atoms with Gasteiger partial charge in [-0.2, -0.15) is 0 Å². The minimum Gasteiger partial charge on any atom is -0.469 e. The van der Waals surface area contributed by atoms with Crippen molar-refractivity contribution >= 4 is 23.5 Å². The molecular weight excluding hydrogens is 282 g/mol. The van der Waals surface area contributed by atoms with Crippen molar-refractivity contribution in [3.63, 3.8) is 0 Å². The minimum atomic E-state index is -0.330. The molecule has 1 aromatic heterocycles.